The maximum atomic E-state index is 10.4. The fourth-order valence-corrected chi connectivity index (χ4v) is 2.87. The largest absolute Gasteiger partial charge is 0.362 e. The first-order chi connectivity index (χ1) is 6.17. The van der Waals surface area contributed by atoms with Crippen molar-refractivity contribution in [1.29, 1.82) is 0 Å². The van der Waals surface area contributed by atoms with Crippen LogP contribution < -0.4 is 0 Å². The first kappa shape index (κ1) is 10.2. The molecule has 1 N–H and O–H groups in total. The van der Waals surface area contributed by atoms with Gasteiger partial charge in [-0.3, -0.25) is 0 Å². The van der Waals surface area contributed by atoms with Crippen molar-refractivity contribution in [2.75, 3.05) is 0 Å². The average Bonchev–Trinajstić information content (AvgIpc) is 2.27. The molecule has 2 unspecified atom stereocenters. The molecule has 0 bridgehead atoms. The van der Waals surface area contributed by atoms with Crippen LogP contribution >= 0.6 is 0 Å². The van der Waals surface area contributed by atoms with Gasteiger partial charge in [-0.1, -0.05) is 19.4 Å². The highest BCUT2D eigenvalue weighted by molar-refractivity contribution is 5.28. The number of ether oxygens (including phenoxy) is 1. The zero-order valence-electron chi connectivity index (χ0n) is 9.72. The molecule has 2 aliphatic rings. The average molecular weight is 196 g/mol. The number of allylic oxidation sites excluding steroid dienone is 1. The van der Waals surface area contributed by atoms with E-state index in [1.165, 1.54) is 5.57 Å². The van der Waals surface area contributed by atoms with Crippen LogP contribution in [0.25, 0.3) is 0 Å². The Labute approximate surface area is 86.0 Å². The van der Waals surface area contributed by atoms with Crippen molar-refractivity contribution in [1.82, 2.24) is 0 Å². The molecule has 1 aliphatic carbocycles. The lowest BCUT2D eigenvalue weighted by molar-refractivity contribution is -0.199. The van der Waals surface area contributed by atoms with Gasteiger partial charge in [-0.2, -0.15) is 0 Å². The molecular formula is C12H20O2. The Balaban J connectivity index is 2.41. The predicted octanol–water partition coefficient (Wildman–Crippen LogP) is 2.48. The van der Waals surface area contributed by atoms with E-state index in [4.69, 9.17) is 4.74 Å². The van der Waals surface area contributed by atoms with Crippen LogP contribution in [0.5, 0.6) is 0 Å². The topological polar surface area (TPSA) is 29.5 Å². The molecule has 2 heteroatoms. The predicted molar refractivity (Wildman–Crippen MR) is 55.8 cm³/mol. The quantitative estimate of drug-likeness (QED) is 0.603. The van der Waals surface area contributed by atoms with Gasteiger partial charge in [0.15, 0.2) is 5.79 Å². The minimum absolute atomic E-state index is 0.0581. The normalized spacial score (nSPS) is 43.6. The second-order valence-electron chi connectivity index (χ2n) is 5.92. The zero-order chi connectivity index (χ0) is 10.8. The third-order valence-corrected chi connectivity index (χ3v) is 3.95. The monoisotopic (exact) mass is 196 g/mol. The summed E-state index contributed by atoms with van der Waals surface area (Å²) in [7, 11) is 0. The maximum Gasteiger partial charge on any atom is 0.189 e. The van der Waals surface area contributed by atoms with E-state index >= 15 is 0 Å². The van der Waals surface area contributed by atoms with E-state index in [0.717, 1.165) is 6.42 Å². The highest BCUT2D eigenvalue weighted by Gasteiger charge is 2.59. The van der Waals surface area contributed by atoms with E-state index in [-0.39, 0.29) is 16.9 Å². The van der Waals surface area contributed by atoms with Crippen LogP contribution in [0.4, 0.5) is 0 Å². The Morgan fingerprint density at radius 2 is 1.93 bits per heavy atom. The standard InChI is InChI=1S/C12H20O2/c1-8-6-12(13)9(11(8,4)5)7-10(2,3)14-12/h6,9,13H,7H2,1-5H3. The van der Waals surface area contributed by atoms with Crippen molar-refractivity contribution < 1.29 is 9.84 Å². The number of hydrogen-bond donors (Lipinski definition) is 1. The first-order valence-corrected chi connectivity index (χ1v) is 5.30. The number of fused-ring (bicyclic) bond motifs is 1. The Morgan fingerprint density at radius 1 is 1.36 bits per heavy atom. The summed E-state index contributed by atoms with van der Waals surface area (Å²) in [4.78, 5) is 0. The summed E-state index contributed by atoms with van der Waals surface area (Å²) in [5.74, 6) is -0.818. The van der Waals surface area contributed by atoms with Crippen LogP contribution in [0, 0.1) is 11.3 Å². The lowest BCUT2D eigenvalue weighted by Crippen LogP contribution is -2.35. The first-order valence-electron chi connectivity index (χ1n) is 5.30. The van der Waals surface area contributed by atoms with Crippen LogP contribution in [0.15, 0.2) is 11.6 Å². The van der Waals surface area contributed by atoms with Gasteiger partial charge in [0.25, 0.3) is 0 Å². The SMILES string of the molecule is CC1=CC2(O)OC(C)(C)CC2C1(C)C. The molecule has 0 aromatic carbocycles. The van der Waals surface area contributed by atoms with Crippen LogP contribution in [-0.2, 0) is 4.74 Å². The molecule has 0 spiro atoms. The van der Waals surface area contributed by atoms with Crippen LogP contribution in [0.1, 0.15) is 41.0 Å². The molecule has 2 nitrogen and oxygen atoms in total. The molecule has 0 aromatic heterocycles. The summed E-state index contributed by atoms with van der Waals surface area (Å²) in [5.41, 5.74) is 1.09. The second kappa shape index (κ2) is 2.42. The van der Waals surface area contributed by atoms with Crippen molar-refractivity contribution in [2.24, 2.45) is 11.3 Å². The number of rotatable bonds is 0. The van der Waals surface area contributed by atoms with E-state index in [1.807, 2.05) is 19.9 Å². The number of hydrogen-bond acceptors (Lipinski definition) is 2. The Morgan fingerprint density at radius 3 is 2.43 bits per heavy atom. The Kier molecular flexibility index (Phi) is 1.76. The van der Waals surface area contributed by atoms with Gasteiger partial charge in [0.05, 0.1) is 5.60 Å². The minimum Gasteiger partial charge on any atom is -0.362 e. The van der Waals surface area contributed by atoms with Crippen molar-refractivity contribution >= 4 is 0 Å². The van der Waals surface area contributed by atoms with Crippen molar-refractivity contribution in [3.63, 3.8) is 0 Å². The fourth-order valence-electron chi connectivity index (χ4n) is 2.87. The smallest absolute Gasteiger partial charge is 0.189 e. The van der Waals surface area contributed by atoms with Crippen molar-refractivity contribution in [3.05, 3.63) is 11.6 Å². The third kappa shape index (κ3) is 1.17. The van der Waals surface area contributed by atoms with Crippen LogP contribution in [-0.4, -0.2) is 16.5 Å². The Hall–Kier alpha value is -0.340. The molecule has 2 atom stereocenters. The summed E-state index contributed by atoms with van der Waals surface area (Å²) in [5, 5.41) is 10.4. The van der Waals surface area contributed by atoms with Crippen LogP contribution in [0.3, 0.4) is 0 Å². The second-order valence-corrected chi connectivity index (χ2v) is 5.92. The molecular weight excluding hydrogens is 176 g/mol. The van der Waals surface area contributed by atoms with Crippen molar-refractivity contribution in [2.45, 2.75) is 52.4 Å². The van der Waals surface area contributed by atoms with Gasteiger partial charge < -0.3 is 9.84 Å². The van der Waals surface area contributed by atoms with Gasteiger partial charge in [-0.05, 0) is 38.7 Å². The molecule has 14 heavy (non-hydrogen) atoms. The molecule has 0 aromatic rings. The van der Waals surface area contributed by atoms with Gasteiger partial charge in [0.1, 0.15) is 0 Å². The fraction of sp³-hybridized carbons (Fsp3) is 0.833. The van der Waals surface area contributed by atoms with Crippen molar-refractivity contribution in [3.8, 4) is 0 Å². The lowest BCUT2D eigenvalue weighted by Gasteiger charge is -2.30. The van der Waals surface area contributed by atoms with Crippen LogP contribution in [0.2, 0.25) is 0 Å². The minimum atomic E-state index is -1.02. The highest BCUT2D eigenvalue weighted by Crippen LogP contribution is 2.57. The molecule has 0 saturated carbocycles. The summed E-state index contributed by atoms with van der Waals surface area (Å²) in [6.07, 6.45) is 2.82. The van der Waals surface area contributed by atoms with Gasteiger partial charge in [-0.15, -0.1) is 0 Å². The van der Waals surface area contributed by atoms with E-state index < -0.39 is 5.79 Å². The number of aliphatic hydroxyl groups is 1. The molecule has 0 radical (unpaired) electrons. The third-order valence-electron chi connectivity index (χ3n) is 3.95. The molecule has 1 aliphatic heterocycles. The molecule has 0 amide bonds. The summed E-state index contributed by atoms with van der Waals surface area (Å²) in [6, 6.07) is 0. The van der Waals surface area contributed by atoms with E-state index in [0.29, 0.717) is 0 Å². The van der Waals surface area contributed by atoms with E-state index in [9.17, 15) is 5.11 Å². The summed E-state index contributed by atoms with van der Waals surface area (Å²) >= 11 is 0. The van der Waals surface area contributed by atoms with Gasteiger partial charge in [0.2, 0.25) is 0 Å². The summed E-state index contributed by atoms with van der Waals surface area (Å²) < 4.78 is 5.75. The molecule has 1 fully saturated rings. The molecule has 1 saturated heterocycles. The van der Waals surface area contributed by atoms with E-state index in [1.54, 1.807) is 0 Å². The van der Waals surface area contributed by atoms with Gasteiger partial charge in [-0.25, -0.2) is 0 Å². The lowest BCUT2D eigenvalue weighted by atomic mass is 9.73. The van der Waals surface area contributed by atoms with Gasteiger partial charge >= 0.3 is 0 Å². The summed E-state index contributed by atoms with van der Waals surface area (Å²) in [6.45, 7) is 10.5. The molecule has 2 rings (SSSR count). The molecule has 80 valence electrons. The highest BCUT2D eigenvalue weighted by atomic mass is 16.6. The zero-order valence-corrected chi connectivity index (χ0v) is 9.72. The van der Waals surface area contributed by atoms with Gasteiger partial charge in [0, 0.05) is 5.92 Å². The van der Waals surface area contributed by atoms with E-state index in [2.05, 4.69) is 20.8 Å². The Bertz CT molecular complexity index is 301. The molecule has 1 heterocycles. The maximum absolute atomic E-state index is 10.4.